The van der Waals surface area contributed by atoms with Crippen LogP contribution in [0.3, 0.4) is 0 Å². The molecule has 0 amide bonds. The molecule has 0 aliphatic rings. The molecule has 0 aromatic heterocycles. The second kappa shape index (κ2) is 7.02. The predicted octanol–water partition coefficient (Wildman–Crippen LogP) is 3.36. The average Bonchev–Trinajstić information content (AvgIpc) is 2.32. The van der Waals surface area contributed by atoms with Gasteiger partial charge in [0.25, 0.3) is 0 Å². The Hall–Kier alpha value is -1.04. The molecule has 22 heavy (non-hydrogen) atoms. The van der Waals surface area contributed by atoms with Gasteiger partial charge in [-0.05, 0) is 32.1 Å². The molecular weight excluding hydrogens is 298 g/mol. The van der Waals surface area contributed by atoms with Crippen molar-refractivity contribution >= 4 is 17.3 Å². The van der Waals surface area contributed by atoms with Crippen LogP contribution in [0.15, 0.2) is 17.0 Å². The van der Waals surface area contributed by atoms with Crippen LogP contribution in [0.5, 0.6) is 0 Å². The zero-order chi connectivity index (χ0) is 17.2. The third-order valence-corrected chi connectivity index (χ3v) is 5.64. The monoisotopic (exact) mass is 325 g/mol. The molecule has 0 aliphatic heterocycles. The molecule has 5 heteroatoms. The largest absolute Gasteiger partial charge is 0.593 e. The first-order valence-electron chi connectivity index (χ1n) is 7.43. The Morgan fingerprint density at radius 1 is 1.23 bits per heavy atom. The summed E-state index contributed by atoms with van der Waals surface area (Å²) in [5.74, 6) is -1.14. The van der Waals surface area contributed by atoms with Gasteiger partial charge in [0.15, 0.2) is 10.9 Å². The van der Waals surface area contributed by atoms with Crippen LogP contribution in [-0.2, 0) is 16.2 Å². The van der Waals surface area contributed by atoms with Crippen molar-refractivity contribution in [1.29, 1.82) is 0 Å². The number of aryl methyl sites for hydroxylation is 3. The van der Waals surface area contributed by atoms with Gasteiger partial charge in [-0.15, -0.1) is 4.72 Å². The summed E-state index contributed by atoms with van der Waals surface area (Å²) >= 11 is -1.55. The number of hydrogen-bond donors (Lipinski definition) is 2. The maximum atomic E-state index is 12.7. The number of rotatable bonds is 5. The standard InChI is InChI=1S/C17H27NO3S/c1-10-8-11(2)15(12(3)9-10)22(21)18-14(16(19)20)13(4)17(5,6)7/h8-9,13-14,18H,1-7H3,(H,19,20). The first-order chi connectivity index (χ1) is 9.95. The normalized spacial score (nSPS) is 16.2. The second-order valence-electron chi connectivity index (χ2n) is 7.09. The number of aliphatic carboxylic acids is 1. The zero-order valence-corrected chi connectivity index (χ0v) is 15.3. The molecule has 1 rings (SSSR count). The van der Waals surface area contributed by atoms with Crippen molar-refractivity contribution in [3.63, 3.8) is 0 Å². The van der Waals surface area contributed by atoms with Crippen LogP contribution in [-0.4, -0.2) is 21.7 Å². The van der Waals surface area contributed by atoms with Gasteiger partial charge in [-0.3, -0.25) is 4.79 Å². The highest BCUT2D eigenvalue weighted by Gasteiger charge is 2.37. The Bertz CT molecular complexity index is 528. The van der Waals surface area contributed by atoms with E-state index in [0.717, 1.165) is 16.7 Å². The van der Waals surface area contributed by atoms with E-state index < -0.39 is 23.4 Å². The molecule has 124 valence electrons. The summed E-state index contributed by atoms with van der Waals surface area (Å²) < 4.78 is 15.5. The van der Waals surface area contributed by atoms with Crippen LogP contribution in [0.25, 0.3) is 0 Å². The van der Waals surface area contributed by atoms with Crippen LogP contribution in [0.2, 0.25) is 0 Å². The molecule has 0 saturated heterocycles. The fourth-order valence-corrected chi connectivity index (χ4v) is 3.86. The van der Waals surface area contributed by atoms with Crippen LogP contribution >= 0.6 is 0 Å². The third-order valence-electron chi connectivity index (χ3n) is 4.16. The first kappa shape index (κ1) is 19.0. The summed E-state index contributed by atoms with van der Waals surface area (Å²) in [4.78, 5) is 12.3. The molecule has 0 saturated carbocycles. The lowest BCUT2D eigenvalue weighted by atomic mass is 9.78. The quantitative estimate of drug-likeness (QED) is 0.814. The van der Waals surface area contributed by atoms with Gasteiger partial charge in [0.05, 0.1) is 11.4 Å². The van der Waals surface area contributed by atoms with Gasteiger partial charge in [0.1, 0.15) is 0 Å². The van der Waals surface area contributed by atoms with Crippen LogP contribution < -0.4 is 4.72 Å². The summed E-state index contributed by atoms with van der Waals surface area (Å²) in [7, 11) is 0. The molecule has 0 radical (unpaired) electrons. The van der Waals surface area contributed by atoms with Gasteiger partial charge >= 0.3 is 5.97 Å². The fraction of sp³-hybridized carbons (Fsp3) is 0.588. The number of benzene rings is 1. The Morgan fingerprint density at radius 2 is 1.68 bits per heavy atom. The topological polar surface area (TPSA) is 72.4 Å². The zero-order valence-electron chi connectivity index (χ0n) is 14.5. The maximum Gasteiger partial charge on any atom is 0.325 e. The first-order valence-corrected chi connectivity index (χ1v) is 8.58. The summed E-state index contributed by atoms with van der Waals surface area (Å²) in [6.45, 7) is 13.6. The van der Waals surface area contributed by atoms with Gasteiger partial charge in [-0.25, -0.2) is 0 Å². The highest BCUT2D eigenvalue weighted by Crippen LogP contribution is 2.30. The van der Waals surface area contributed by atoms with Crippen molar-refractivity contribution in [2.75, 3.05) is 0 Å². The van der Waals surface area contributed by atoms with Gasteiger partial charge in [0.2, 0.25) is 0 Å². The van der Waals surface area contributed by atoms with Crippen LogP contribution in [0, 0.1) is 32.1 Å². The number of hydrogen-bond acceptors (Lipinski definition) is 3. The number of nitrogens with one attached hydrogen (secondary N) is 1. The summed E-state index contributed by atoms with van der Waals surface area (Å²) in [6, 6.07) is 3.07. The van der Waals surface area contributed by atoms with Crippen molar-refractivity contribution in [2.45, 2.75) is 59.4 Å². The molecule has 3 unspecified atom stereocenters. The minimum atomic E-state index is -1.55. The maximum absolute atomic E-state index is 12.7. The minimum absolute atomic E-state index is 0.167. The van der Waals surface area contributed by atoms with Crippen molar-refractivity contribution in [3.8, 4) is 0 Å². The van der Waals surface area contributed by atoms with E-state index in [1.807, 2.05) is 60.6 Å². The molecule has 1 aromatic carbocycles. The second-order valence-corrected chi connectivity index (χ2v) is 8.27. The highest BCUT2D eigenvalue weighted by atomic mass is 32.2. The van der Waals surface area contributed by atoms with Gasteiger partial charge < -0.3 is 9.66 Å². The number of carboxylic acids is 1. The third kappa shape index (κ3) is 4.48. The minimum Gasteiger partial charge on any atom is -0.593 e. The molecule has 4 nitrogen and oxygen atoms in total. The lowest BCUT2D eigenvalue weighted by molar-refractivity contribution is -0.141. The molecule has 3 atom stereocenters. The van der Waals surface area contributed by atoms with Gasteiger partial charge in [0, 0.05) is 11.1 Å². The molecule has 1 aromatic rings. The number of carbonyl (C=O) groups is 1. The van der Waals surface area contributed by atoms with E-state index >= 15 is 0 Å². The Balaban J connectivity index is 3.08. The Morgan fingerprint density at radius 3 is 2.05 bits per heavy atom. The van der Waals surface area contributed by atoms with E-state index in [2.05, 4.69) is 4.72 Å². The molecule has 0 aliphatic carbocycles. The lowest BCUT2D eigenvalue weighted by Gasteiger charge is -2.32. The molecule has 0 bridgehead atoms. The van der Waals surface area contributed by atoms with Crippen molar-refractivity contribution in [1.82, 2.24) is 4.72 Å². The molecule has 2 N–H and O–H groups in total. The van der Waals surface area contributed by atoms with E-state index in [4.69, 9.17) is 0 Å². The van der Waals surface area contributed by atoms with E-state index in [-0.39, 0.29) is 11.3 Å². The fourth-order valence-electron chi connectivity index (χ4n) is 2.50. The van der Waals surface area contributed by atoms with E-state index in [0.29, 0.717) is 4.90 Å². The van der Waals surface area contributed by atoms with Gasteiger partial charge in [-0.1, -0.05) is 45.4 Å². The van der Waals surface area contributed by atoms with Gasteiger partial charge in [-0.2, -0.15) is 0 Å². The van der Waals surface area contributed by atoms with E-state index in [9.17, 15) is 14.5 Å². The molecule has 0 heterocycles. The average molecular weight is 325 g/mol. The smallest absolute Gasteiger partial charge is 0.325 e. The Labute approximate surface area is 136 Å². The number of carboxylic acid groups (broad SMARTS) is 1. The van der Waals surface area contributed by atoms with Crippen molar-refractivity contribution in [2.24, 2.45) is 11.3 Å². The van der Waals surface area contributed by atoms with Crippen LogP contribution in [0.1, 0.15) is 44.4 Å². The lowest BCUT2D eigenvalue weighted by Crippen LogP contribution is -2.48. The Kier molecular flexibility index (Phi) is 6.07. The molecule has 0 fully saturated rings. The summed E-state index contributed by atoms with van der Waals surface area (Å²) in [5, 5.41) is 9.49. The van der Waals surface area contributed by atoms with E-state index in [1.165, 1.54) is 0 Å². The molecular formula is C17H27NO3S. The SMILES string of the molecule is Cc1cc(C)c([S+]([O-])NC(C(=O)O)C(C)C(C)(C)C)c(C)c1. The molecule has 0 spiro atoms. The van der Waals surface area contributed by atoms with Crippen LogP contribution in [0.4, 0.5) is 0 Å². The van der Waals surface area contributed by atoms with E-state index in [1.54, 1.807) is 0 Å². The van der Waals surface area contributed by atoms with Crippen molar-refractivity contribution < 1.29 is 14.5 Å². The summed E-state index contributed by atoms with van der Waals surface area (Å²) in [5.41, 5.74) is 2.73. The predicted molar refractivity (Wildman–Crippen MR) is 90.2 cm³/mol. The van der Waals surface area contributed by atoms with Crippen molar-refractivity contribution in [3.05, 3.63) is 28.8 Å². The highest BCUT2D eigenvalue weighted by molar-refractivity contribution is 7.89. The summed E-state index contributed by atoms with van der Waals surface area (Å²) in [6.07, 6.45) is 0.